The SMILES string of the molecule is CN/C=C\C1=C=C(C)c2cnccc2N1CN. The number of nitrogens with one attached hydrogen (secondary N) is 1. The Hall–Kier alpha value is -2.03. The van der Waals surface area contributed by atoms with Crippen LogP contribution >= 0.6 is 0 Å². The normalized spacial score (nSPS) is 14.4. The summed E-state index contributed by atoms with van der Waals surface area (Å²) < 4.78 is 0. The molecule has 0 aliphatic carbocycles. The second-order valence-electron chi connectivity index (χ2n) is 3.76. The van der Waals surface area contributed by atoms with Crippen molar-refractivity contribution >= 4 is 11.3 Å². The maximum Gasteiger partial charge on any atom is 0.0872 e. The van der Waals surface area contributed by atoms with E-state index in [9.17, 15) is 0 Å². The minimum absolute atomic E-state index is 0.417. The van der Waals surface area contributed by atoms with Gasteiger partial charge in [0.25, 0.3) is 0 Å². The van der Waals surface area contributed by atoms with E-state index in [4.69, 9.17) is 5.73 Å². The molecule has 4 nitrogen and oxygen atoms in total. The number of rotatable bonds is 3. The van der Waals surface area contributed by atoms with E-state index in [0.717, 1.165) is 22.5 Å². The highest BCUT2D eigenvalue weighted by molar-refractivity contribution is 5.80. The van der Waals surface area contributed by atoms with Gasteiger partial charge in [-0.05, 0) is 25.3 Å². The van der Waals surface area contributed by atoms with E-state index < -0.39 is 0 Å². The van der Waals surface area contributed by atoms with E-state index in [0.29, 0.717) is 6.67 Å². The molecule has 88 valence electrons. The maximum absolute atomic E-state index is 5.81. The number of nitrogens with two attached hydrogens (primary N) is 1. The molecule has 1 aliphatic heterocycles. The summed E-state index contributed by atoms with van der Waals surface area (Å²) in [5.74, 6) is 0. The zero-order valence-electron chi connectivity index (χ0n) is 10.1. The minimum atomic E-state index is 0.417. The van der Waals surface area contributed by atoms with Crippen LogP contribution in [0, 0.1) is 0 Å². The molecule has 0 fully saturated rings. The molecule has 17 heavy (non-hydrogen) atoms. The molecule has 0 unspecified atom stereocenters. The van der Waals surface area contributed by atoms with Crippen LogP contribution in [0.4, 0.5) is 5.69 Å². The number of nitrogens with zero attached hydrogens (tertiary/aromatic N) is 2. The summed E-state index contributed by atoms with van der Waals surface area (Å²) in [6, 6.07) is 1.97. The van der Waals surface area contributed by atoms with Crippen molar-refractivity contribution in [2.45, 2.75) is 6.92 Å². The molecular weight excluding hydrogens is 212 g/mol. The summed E-state index contributed by atoms with van der Waals surface area (Å²) >= 11 is 0. The highest BCUT2D eigenvalue weighted by atomic mass is 15.2. The number of fused-ring (bicyclic) bond motifs is 1. The third-order valence-electron chi connectivity index (χ3n) is 2.69. The van der Waals surface area contributed by atoms with Crippen molar-refractivity contribution in [2.75, 3.05) is 18.6 Å². The molecule has 1 aromatic heterocycles. The second-order valence-corrected chi connectivity index (χ2v) is 3.76. The predicted octanol–water partition coefficient (Wildman–Crippen LogP) is 1.44. The van der Waals surface area contributed by atoms with Crippen LogP contribution < -0.4 is 16.0 Å². The summed E-state index contributed by atoms with van der Waals surface area (Å²) in [6.07, 6.45) is 7.45. The van der Waals surface area contributed by atoms with E-state index in [1.54, 1.807) is 6.20 Å². The summed E-state index contributed by atoms with van der Waals surface area (Å²) in [6.45, 7) is 2.45. The summed E-state index contributed by atoms with van der Waals surface area (Å²) in [5.41, 5.74) is 13.3. The first-order valence-corrected chi connectivity index (χ1v) is 5.51. The van der Waals surface area contributed by atoms with Crippen LogP contribution in [0.3, 0.4) is 0 Å². The van der Waals surface area contributed by atoms with Crippen molar-refractivity contribution in [2.24, 2.45) is 5.73 Å². The lowest BCUT2D eigenvalue weighted by Crippen LogP contribution is -2.30. The number of hydrogen-bond donors (Lipinski definition) is 2. The number of aromatic nitrogens is 1. The Morgan fingerprint density at radius 3 is 3.12 bits per heavy atom. The first kappa shape index (κ1) is 11.5. The zero-order valence-corrected chi connectivity index (χ0v) is 10.1. The van der Waals surface area contributed by atoms with Crippen molar-refractivity contribution in [3.63, 3.8) is 0 Å². The van der Waals surface area contributed by atoms with E-state index >= 15 is 0 Å². The molecule has 0 aromatic carbocycles. The van der Waals surface area contributed by atoms with Gasteiger partial charge in [-0.15, -0.1) is 0 Å². The minimum Gasteiger partial charge on any atom is -0.394 e. The Bertz CT molecular complexity index is 510. The summed E-state index contributed by atoms with van der Waals surface area (Å²) in [7, 11) is 1.86. The van der Waals surface area contributed by atoms with Gasteiger partial charge in [-0.2, -0.15) is 0 Å². The molecule has 0 atom stereocenters. The molecule has 1 aliphatic rings. The monoisotopic (exact) mass is 228 g/mol. The number of anilines is 1. The fraction of sp³-hybridized carbons (Fsp3) is 0.231. The smallest absolute Gasteiger partial charge is 0.0872 e. The lowest BCUT2D eigenvalue weighted by atomic mass is 10.0. The van der Waals surface area contributed by atoms with Gasteiger partial charge < -0.3 is 16.0 Å². The largest absolute Gasteiger partial charge is 0.394 e. The van der Waals surface area contributed by atoms with Gasteiger partial charge in [-0.1, -0.05) is 5.73 Å². The van der Waals surface area contributed by atoms with Gasteiger partial charge in [-0.25, -0.2) is 0 Å². The predicted molar refractivity (Wildman–Crippen MR) is 70.1 cm³/mol. The van der Waals surface area contributed by atoms with Gasteiger partial charge in [0.2, 0.25) is 0 Å². The Balaban J connectivity index is 2.55. The molecule has 4 heteroatoms. The molecule has 2 heterocycles. The third-order valence-corrected chi connectivity index (χ3v) is 2.69. The second kappa shape index (κ2) is 4.87. The van der Waals surface area contributed by atoms with E-state index in [1.807, 2.05) is 43.4 Å². The Labute approximate surface area is 101 Å². The van der Waals surface area contributed by atoms with Gasteiger partial charge in [0.05, 0.1) is 18.1 Å². The average Bonchev–Trinajstić information content (AvgIpc) is 2.36. The summed E-state index contributed by atoms with van der Waals surface area (Å²) in [5, 5.41) is 2.97. The first-order chi connectivity index (χ1) is 8.27. The molecule has 0 saturated heterocycles. The molecule has 1 aromatic rings. The average molecular weight is 228 g/mol. The lowest BCUT2D eigenvalue weighted by Gasteiger charge is -2.27. The molecule has 3 N–H and O–H groups in total. The van der Waals surface area contributed by atoms with Crippen molar-refractivity contribution in [1.82, 2.24) is 10.3 Å². The van der Waals surface area contributed by atoms with Gasteiger partial charge >= 0.3 is 0 Å². The molecule has 0 amide bonds. The van der Waals surface area contributed by atoms with Gasteiger partial charge in [0.1, 0.15) is 0 Å². The Kier molecular flexibility index (Phi) is 3.28. The first-order valence-electron chi connectivity index (χ1n) is 5.51. The van der Waals surface area contributed by atoms with Crippen LogP contribution in [0.25, 0.3) is 5.57 Å². The van der Waals surface area contributed by atoms with Gasteiger partial charge in [0, 0.05) is 30.6 Å². The van der Waals surface area contributed by atoms with Crippen LogP contribution in [0.1, 0.15) is 12.5 Å². The zero-order chi connectivity index (χ0) is 12.3. The quantitative estimate of drug-likeness (QED) is 0.769. The van der Waals surface area contributed by atoms with Crippen LogP contribution in [0.5, 0.6) is 0 Å². The highest BCUT2D eigenvalue weighted by Crippen LogP contribution is 2.31. The molecule has 0 spiro atoms. The summed E-state index contributed by atoms with van der Waals surface area (Å²) in [4.78, 5) is 6.15. The highest BCUT2D eigenvalue weighted by Gasteiger charge is 2.17. The van der Waals surface area contributed by atoms with Gasteiger partial charge in [0.15, 0.2) is 0 Å². The number of pyridine rings is 1. The van der Waals surface area contributed by atoms with E-state index in [2.05, 4.69) is 16.0 Å². The van der Waals surface area contributed by atoms with E-state index in [-0.39, 0.29) is 0 Å². The van der Waals surface area contributed by atoms with Crippen molar-refractivity contribution in [1.29, 1.82) is 0 Å². The Morgan fingerprint density at radius 2 is 2.41 bits per heavy atom. The standard InChI is InChI=1S/C13H16N4/c1-10-7-11(3-5-15-2)17(9-14)13-4-6-16-8-12(10)13/h3-6,8,15H,9,14H2,1-2H3/b5-3-. The molecule has 0 bridgehead atoms. The van der Waals surface area contributed by atoms with E-state index in [1.165, 1.54) is 0 Å². The van der Waals surface area contributed by atoms with Crippen molar-refractivity contribution in [3.05, 3.63) is 47.7 Å². The third kappa shape index (κ3) is 2.09. The van der Waals surface area contributed by atoms with Gasteiger partial charge in [-0.3, -0.25) is 4.98 Å². The maximum atomic E-state index is 5.81. The molecule has 0 radical (unpaired) electrons. The molecule has 2 rings (SSSR count). The van der Waals surface area contributed by atoms with Crippen LogP contribution in [-0.4, -0.2) is 18.7 Å². The molecule has 0 saturated carbocycles. The van der Waals surface area contributed by atoms with Crippen molar-refractivity contribution in [3.8, 4) is 0 Å². The Morgan fingerprint density at radius 1 is 1.59 bits per heavy atom. The van der Waals surface area contributed by atoms with Crippen LogP contribution in [-0.2, 0) is 0 Å². The topological polar surface area (TPSA) is 54.2 Å². The van der Waals surface area contributed by atoms with Crippen molar-refractivity contribution < 1.29 is 0 Å². The fourth-order valence-electron chi connectivity index (χ4n) is 1.86. The lowest BCUT2D eigenvalue weighted by molar-refractivity contribution is 0.931. The number of hydrogen-bond acceptors (Lipinski definition) is 4. The van der Waals surface area contributed by atoms with Crippen LogP contribution in [0.15, 0.2) is 42.2 Å². The fourth-order valence-corrected chi connectivity index (χ4v) is 1.86. The number of allylic oxidation sites excluding steroid dienone is 1. The molecular formula is C13H16N4. The van der Waals surface area contributed by atoms with Crippen LogP contribution in [0.2, 0.25) is 0 Å².